The fourth-order valence-corrected chi connectivity index (χ4v) is 2.91. The molecule has 3 rings (SSSR count). The average Bonchev–Trinajstić information content (AvgIpc) is 2.74. The van der Waals surface area contributed by atoms with Gasteiger partial charge in [0.15, 0.2) is 0 Å². The molecule has 1 aromatic heterocycles. The van der Waals surface area contributed by atoms with Gasteiger partial charge in [-0.2, -0.15) is 0 Å². The van der Waals surface area contributed by atoms with Crippen molar-refractivity contribution in [2.45, 2.75) is 51.0 Å². The number of hydrogen-bond donors (Lipinski definition) is 1. The van der Waals surface area contributed by atoms with Crippen LogP contribution in [0, 0.1) is 0 Å². The van der Waals surface area contributed by atoms with Gasteiger partial charge in [-0.15, -0.1) is 0 Å². The molecule has 0 unspecified atom stereocenters. The number of fused-ring (bicyclic) bond motifs is 1. The van der Waals surface area contributed by atoms with Gasteiger partial charge in [0.2, 0.25) is 0 Å². The lowest BCUT2D eigenvalue weighted by Gasteiger charge is -2.24. The SMILES string of the molecule is c1nc(C2CCCCC2)n2c1NCCC2. The van der Waals surface area contributed by atoms with E-state index in [0.717, 1.165) is 19.0 Å². The van der Waals surface area contributed by atoms with Crippen molar-refractivity contribution in [3.8, 4) is 0 Å². The van der Waals surface area contributed by atoms with E-state index >= 15 is 0 Å². The fourth-order valence-electron chi connectivity index (χ4n) is 2.91. The standard InChI is InChI=1S/C12H19N3/c1-2-5-10(6-3-1)12-14-9-11-13-7-4-8-15(11)12/h9-10,13H,1-8H2. The summed E-state index contributed by atoms with van der Waals surface area (Å²) in [5.74, 6) is 3.31. The Morgan fingerprint density at radius 1 is 1.20 bits per heavy atom. The van der Waals surface area contributed by atoms with E-state index < -0.39 is 0 Å². The lowest BCUT2D eigenvalue weighted by molar-refractivity contribution is 0.412. The van der Waals surface area contributed by atoms with Gasteiger partial charge in [-0.25, -0.2) is 4.98 Å². The summed E-state index contributed by atoms with van der Waals surface area (Å²) in [6, 6.07) is 0. The first-order valence-electron chi connectivity index (χ1n) is 6.24. The van der Waals surface area contributed by atoms with Crippen molar-refractivity contribution in [2.24, 2.45) is 0 Å². The molecule has 2 heterocycles. The van der Waals surface area contributed by atoms with E-state index in [4.69, 9.17) is 0 Å². The number of nitrogens with one attached hydrogen (secondary N) is 1. The number of nitrogens with zero attached hydrogens (tertiary/aromatic N) is 2. The Bertz CT molecular complexity index is 337. The predicted octanol–water partition coefficient (Wildman–Crippen LogP) is 2.75. The molecule has 0 amide bonds. The molecular formula is C12H19N3. The predicted molar refractivity (Wildman–Crippen MR) is 61.2 cm³/mol. The first-order valence-corrected chi connectivity index (χ1v) is 6.24. The van der Waals surface area contributed by atoms with E-state index in [1.165, 1.54) is 50.2 Å². The minimum absolute atomic E-state index is 0.729. The van der Waals surface area contributed by atoms with Crippen LogP contribution in [0.15, 0.2) is 6.20 Å². The molecule has 1 aliphatic heterocycles. The van der Waals surface area contributed by atoms with Gasteiger partial charge in [-0.3, -0.25) is 0 Å². The van der Waals surface area contributed by atoms with Gasteiger partial charge in [0.1, 0.15) is 11.6 Å². The van der Waals surface area contributed by atoms with Crippen LogP contribution in [0.5, 0.6) is 0 Å². The molecule has 15 heavy (non-hydrogen) atoms. The number of hydrogen-bond acceptors (Lipinski definition) is 2. The first kappa shape index (κ1) is 9.25. The molecule has 1 saturated carbocycles. The van der Waals surface area contributed by atoms with Gasteiger partial charge < -0.3 is 9.88 Å². The Hall–Kier alpha value is -0.990. The van der Waals surface area contributed by atoms with Crippen molar-refractivity contribution in [1.29, 1.82) is 0 Å². The molecule has 0 radical (unpaired) electrons. The van der Waals surface area contributed by atoms with E-state index in [-0.39, 0.29) is 0 Å². The van der Waals surface area contributed by atoms with E-state index in [0.29, 0.717) is 0 Å². The van der Waals surface area contributed by atoms with Gasteiger partial charge in [-0.05, 0) is 19.3 Å². The van der Waals surface area contributed by atoms with Crippen LogP contribution in [-0.4, -0.2) is 16.1 Å². The van der Waals surface area contributed by atoms with Gasteiger partial charge in [0.25, 0.3) is 0 Å². The second-order valence-electron chi connectivity index (χ2n) is 4.77. The molecule has 82 valence electrons. The van der Waals surface area contributed by atoms with Gasteiger partial charge >= 0.3 is 0 Å². The van der Waals surface area contributed by atoms with Crippen molar-refractivity contribution in [3.05, 3.63) is 12.0 Å². The fraction of sp³-hybridized carbons (Fsp3) is 0.750. The highest BCUT2D eigenvalue weighted by atomic mass is 15.2. The van der Waals surface area contributed by atoms with Crippen LogP contribution in [-0.2, 0) is 6.54 Å². The van der Waals surface area contributed by atoms with Crippen LogP contribution in [0.2, 0.25) is 0 Å². The molecule has 2 aliphatic rings. The van der Waals surface area contributed by atoms with Crippen molar-refractivity contribution in [1.82, 2.24) is 9.55 Å². The molecule has 3 heteroatoms. The summed E-state index contributed by atoms with van der Waals surface area (Å²) in [6.07, 6.45) is 10.1. The van der Waals surface area contributed by atoms with Crippen LogP contribution in [0.25, 0.3) is 0 Å². The highest BCUT2D eigenvalue weighted by Gasteiger charge is 2.22. The molecule has 0 atom stereocenters. The lowest BCUT2D eigenvalue weighted by Crippen LogP contribution is -2.20. The molecule has 1 aromatic rings. The summed E-state index contributed by atoms with van der Waals surface area (Å²) in [5, 5.41) is 3.42. The minimum atomic E-state index is 0.729. The molecule has 0 bridgehead atoms. The molecule has 1 fully saturated rings. The molecule has 3 nitrogen and oxygen atoms in total. The van der Waals surface area contributed by atoms with Gasteiger partial charge in [0, 0.05) is 19.0 Å². The topological polar surface area (TPSA) is 29.9 Å². The Morgan fingerprint density at radius 2 is 2.07 bits per heavy atom. The van der Waals surface area contributed by atoms with Crippen LogP contribution in [0.3, 0.4) is 0 Å². The maximum atomic E-state index is 4.62. The quantitative estimate of drug-likeness (QED) is 0.764. The average molecular weight is 205 g/mol. The van der Waals surface area contributed by atoms with Gasteiger partial charge in [0.05, 0.1) is 6.20 Å². The third kappa shape index (κ3) is 1.64. The summed E-state index contributed by atoms with van der Waals surface area (Å²) in [7, 11) is 0. The van der Waals surface area contributed by atoms with Crippen molar-refractivity contribution in [2.75, 3.05) is 11.9 Å². The van der Waals surface area contributed by atoms with Crippen LogP contribution >= 0.6 is 0 Å². The van der Waals surface area contributed by atoms with E-state index in [1.807, 2.05) is 6.20 Å². The smallest absolute Gasteiger partial charge is 0.126 e. The van der Waals surface area contributed by atoms with E-state index in [9.17, 15) is 0 Å². The van der Waals surface area contributed by atoms with E-state index in [2.05, 4.69) is 14.9 Å². The molecule has 0 saturated heterocycles. The monoisotopic (exact) mass is 205 g/mol. The largest absolute Gasteiger partial charge is 0.370 e. The highest BCUT2D eigenvalue weighted by Crippen LogP contribution is 2.33. The van der Waals surface area contributed by atoms with Crippen LogP contribution < -0.4 is 5.32 Å². The summed E-state index contributed by atoms with van der Waals surface area (Å²) in [4.78, 5) is 4.62. The summed E-state index contributed by atoms with van der Waals surface area (Å²) in [5.41, 5.74) is 0. The summed E-state index contributed by atoms with van der Waals surface area (Å²) >= 11 is 0. The number of imidazole rings is 1. The first-order chi connectivity index (χ1) is 7.45. The molecule has 0 aromatic carbocycles. The Morgan fingerprint density at radius 3 is 2.93 bits per heavy atom. The second-order valence-corrected chi connectivity index (χ2v) is 4.77. The minimum Gasteiger partial charge on any atom is -0.370 e. The number of rotatable bonds is 1. The maximum absolute atomic E-state index is 4.62. The second kappa shape index (κ2) is 3.87. The zero-order valence-corrected chi connectivity index (χ0v) is 9.21. The van der Waals surface area contributed by atoms with Crippen LogP contribution in [0.4, 0.5) is 5.82 Å². The van der Waals surface area contributed by atoms with Crippen molar-refractivity contribution >= 4 is 5.82 Å². The van der Waals surface area contributed by atoms with Crippen molar-refractivity contribution in [3.63, 3.8) is 0 Å². The zero-order chi connectivity index (χ0) is 10.1. The molecular weight excluding hydrogens is 186 g/mol. The number of anilines is 1. The summed E-state index contributed by atoms with van der Waals surface area (Å²) in [6.45, 7) is 2.27. The molecule has 1 aliphatic carbocycles. The maximum Gasteiger partial charge on any atom is 0.126 e. The third-order valence-corrected chi connectivity index (χ3v) is 3.72. The third-order valence-electron chi connectivity index (χ3n) is 3.72. The van der Waals surface area contributed by atoms with Crippen LogP contribution in [0.1, 0.15) is 50.3 Å². The van der Waals surface area contributed by atoms with Crippen molar-refractivity contribution < 1.29 is 0 Å². The summed E-state index contributed by atoms with van der Waals surface area (Å²) < 4.78 is 2.40. The Balaban J connectivity index is 1.87. The zero-order valence-electron chi connectivity index (χ0n) is 9.21. The van der Waals surface area contributed by atoms with Gasteiger partial charge in [-0.1, -0.05) is 19.3 Å². The molecule has 1 N–H and O–H groups in total. The van der Waals surface area contributed by atoms with E-state index in [1.54, 1.807) is 0 Å². The lowest BCUT2D eigenvalue weighted by atomic mass is 9.88. The number of aromatic nitrogens is 2. The highest BCUT2D eigenvalue weighted by molar-refractivity contribution is 5.37. The Kier molecular flexibility index (Phi) is 2.39. The normalized spacial score (nSPS) is 22.1. The Labute approximate surface area is 90.9 Å². The molecule has 0 spiro atoms.